The van der Waals surface area contributed by atoms with Crippen molar-refractivity contribution in [1.82, 2.24) is 25.3 Å². The molecule has 0 aliphatic carbocycles. The maximum absolute atomic E-state index is 13.6. The molecule has 2 aromatic rings. The lowest BCUT2D eigenvalue weighted by molar-refractivity contribution is -0.135. The van der Waals surface area contributed by atoms with Crippen LogP contribution in [0.5, 0.6) is 17.2 Å². The Morgan fingerprint density at radius 2 is 1.72 bits per heavy atom. The molecular weight excluding hydrogens is 590 g/mol. The molecule has 2 N–H and O–H groups in total. The summed E-state index contributed by atoms with van der Waals surface area (Å²) in [6.07, 6.45) is 2.77. The molecule has 1 atom stereocenters. The van der Waals surface area contributed by atoms with Gasteiger partial charge in [-0.25, -0.2) is 0 Å². The van der Waals surface area contributed by atoms with Gasteiger partial charge in [0.2, 0.25) is 17.7 Å². The molecule has 2 heterocycles. The monoisotopic (exact) mass is 637 g/mol. The van der Waals surface area contributed by atoms with E-state index in [1.165, 1.54) is 7.11 Å². The minimum atomic E-state index is -0.730. The van der Waals surface area contributed by atoms with Crippen molar-refractivity contribution in [3.05, 3.63) is 53.6 Å². The Hall–Kier alpha value is -4.32. The SMILES string of the molecule is COc1ccc2cc1OCC(=O)N[C@@H](C)C(=O)N(C)CCCCN(C(=O)CN1CCOc3ccccc3C1)CCCNC(=O)CC2. The molecule has 2 aliphatic rings. The van der Waals surface area contributed by atoms with Gasteiger partial charge in [-0.2, -0.15) is 0 Å². The molecule has 2 aromatic carbocycles. The number of likely N-dealkylation sites (N-methyl/N-ethyl adjacent to an activating group) is 1. The first-order valence-corrected chi connectivity index (χ1v) is 16.0. The van der Waals surface area contributed by atoms with Crippen LogP contribution in [0.15, 0.2) is 42.5 Å². The number of ether oxygens (including phenoxy) is 3. The number of rotatable bonds is 3. The van der Waals surface area contributed by atoms with Gasteiger partial charge < -0.3 is 34.6 Å². The third-order valence-corrected chi connectivity index (χ3v) is 8.19. The zero-order chi connectivity index (χ0) is 32.9. The second kappa shape index (κ2) is 17.4. The van der Waals surface area contributed by atoms with E-state index in [2.05, 4.69) is 15.5 Å². The summed E-state index contributed by atoms with van der Waals surface area (Å²) in [7, 11) is 3.22. The number of methoxy groups -OCH3 is 1. The number of fused-ring (bicyclic) bond motifs is 3. The van der Waals surface area contributed by atoms with Gasteiger partial charge >= 0.3 is 0 Å². The summed E-state index contributed by atoms with van der Waals surface area (Å²) in [4.78, 5) is 57.3. The van der Waals surface area contributed by atoms with Crippen LogP contribution in [-0.4, -0.2) is 111 Å². The van der Waals surface area contributed by atoms with E-state index in [0.29, 0.717) is 83.1 Å². The topological polar surface area (TPSA) is 130 Å². The van der Waals surface area contributed by atoms with Crippen molar-refractivity contribution in [3.8, 4) is 17.2 Å². The molecule has 12 nitrogen and oxygen atoms in total. The van der Waals surface area contributed by atoms with Crippen LogP contribution in [0.4, 0.5) is 0 Å². The number of benzene rings is 2. The van der Waals surface area contributed by atoms with Gasteiger partial charge in [0, 0.05) is 58.3 Å². The number of hydrogen-bond acceptors (Lipinski definition) is 8. The van der Waals surface area contributed by atoms with Crippen molar-refractivity contribution in [2.24, 2.45) is 0 Å². The molecule has 2 bridgehead atoms. The second-order valence-corrected chi connectivity index (χ2v) is 11.8. The molecule has 12 heteroatoms. The van der Waals surface area contributed by atoms with E-state index in [1.54, 1.807) is 31.0 Å². The smallest absolute Gasteiger partial charge is 0.258 e. The standard InChI is InChI=1S/C34H47N5O7/c1-25-34(43)37(2)16-6-7-17-39(33(42)23-38-19-20-45-28-10-5-4-9-27(28)22-38)18-8-15-35-31(40)14-12-26-11-13-29(44-3)30(21-26)46-24-32(41)36-25/h4-5,9-11,13,21,25H,6-8,12,14-20,22-24H2,1-3H3,(H,35,40)(H,36,41)/t25-/m0/s1. The van der Waals surface area contributed by atoms with Gasteiger partial charge in [0.05, 0.1) is 13.7 Å². The molecule has 0 unspecified atom stereocenters. The lowest BCUT2D eigenvalue weighted by Crippen LogP contribution is -2.47. The van der Waals surface area contributed by atoms with E-state index >= 15 is 0 Å². The normalized spacial score (nSPS) is 20.0. The Bertz CT molecular complexity index is 1350. The van der Waals surface area contributed by atoms with Crippen LogP contribution < -0.4 is 24.8 Å². The van der Waals surface area contributed by atoms with Crippen molar-refractivity contribution in [2.75, 3.05) is 66.6 Å². The fourth-order valence-electron chi connectivity index (χ4n) is 5.58. The third-order valence-electron chi connectivity index (χ3n) is 8.19. The predicted octanol–water partition coefficient (Wildman–Crippen LogP) is 1.99. The van der Waals surface area contributed by atoms with Crippen LogP contribution in [0.25, 0.3) is 0 Å². The Kier molecular flexibility index (Phi) is 13.1. The number of para-hydroxylation sites is 1. The molecule has 0 saturated heterocycles. The zero-order valence-electron chi connectivity index (χ0n) is 27.2. The fourth-order valence-corrected chi connectivity index (χ4v) is 5.58. The lowest BCUT2D eigenvalue weighted by atomic mass is 10.1. The molecular formula is C34H47N5O7. The molecule has 4 amide bonds. The van der Waals surface area contributed by atoms with Crippen molar-refractivity contribution >= 4 is 23.6 Å². The Morgan fingerprint density at radius 1 is 0.935 bits per heavy atom. The summed E-state index contributed by atoms with van der Waals surface area (Å²) < 4.78 is 17.0. The summed E-state index contributed by atoms with van der Waals surface area (Å²) in [6.45, 7) is 5.41. The second-order valence-electron chi connectivity index (χ2n) is 11.8. The lowest BCUT2D eigenvalue weighted by Gasteiger charge is -2.27. The molecule has 2 aliphatic heterocycles. The highest BCUT2D eigenvalue weighted by Crippen LogP contribution is 2.28. The van der Waals surface area contributed by atoms with Crippen LogP contribution in [0, 0.1) is 0 Å². The quantitative estimate of drug-likeness (QED) is 0.523. The first-order valence-electron chi connectivity index (χ1n) is 16.0. The number of nitrogens with one attached hydrogen (secondary N) is 2. The summed E-state index contributed by atoms with van der Waals surface area (Å²) in [5.74, 6) is 1.01. The molecule has 46 heavy (non-hydrogen) atoms. The summed E-state index contributed by atoms with van der Waals surface area (Å²) in [6, 6.07) is 12.5. The minimum Gasteiger partial charge on any atom is -0.493 e. The first-order chi connectivity index (χ1) is 22.2. The van der Waals surface area contributed by atoms with Gasteiger partial charge in [0.25, 0.3) is 5.91 Å². The van der Waals surface area contributed by atoms with E-state index in [4.69, 9.17) is 14.2 Å². The van der Waals surface area contributed by atoms with Crippen LogP contribution in [0.3, 0.4) is 0 Å². The molecule has 0 fully saturated rings. The van der Waals surface area contributed by atoms with Gasteiger partial charge in [-0.15, -0.1) is 0 Å². The van der Waals surface area contributed by atoms with E-state index in [0.717, 1.165) is 16.9 Å². The van der Waals surface area contributed by atoms with Gasteiger partial charge in [0.1, 0.15) is 18.4 Å². The first kappa shape index (κ1) is 34.6. The highest BCUT2D eigenvalue weighted by atomic mass is 16.5. The molecule has 0 saturated carbocycles. The maximum Gasteiger partial charge on any atom is 0.258 e. The van der Waals surface area contributed by atoms with E-state index in [1.807, 2.05) is 35.2 Å². The molecule has 0 radical (unpaired) electrons. The van der Waals surface area contributed by atoms with Crippen molar-refractivity contribution < 1.29 is 33.4 Å². The van der Waals surface area contributed by atoms with Gasteiger partial charge in [-0.05, 0) is 56.4 Å². The number of hydrogen-bond donors (Lipinski definition) is 2. The predicted molar refractivity (Wildman–Crippen MR) is 173 cm³/mol. The summed E-state index contributed by atoms with van der Waals surface area (Å²) >= 11 is 0. The Morgan fingerprint density at radius 3 is 2.54 bits per heavy atom. The molecule has 250 valence electrons. The van der Waals surface area contributed by atoms with E-state index in [9.17, 15) is 19.2 Å². The van der Waals surface area contributed by atoms with Crippen LogP contribution in [0.2, 0.25) is 0 Å². The largest absolute Gasteiger partial charge is 0.493 e. The molecule has 0 aromatic heterocycles. The van der Waals surface area contributed by atoms with E-state index in [-0.39, 0.29) is 37.3 Å². The van der Waals surface area contributed by atoms with Gasteiger partial charge in [-0.3, -0.25) is 24.1 Å². The fraction of sp³-hybridized carbons (Fsp3) is 0.529. The minimum absolute atomic E-state index is 0.0264. The molecule has 4 rings (SSSR count). The average molecular weight is 638 g/mol. The van der Waals surface area contributed by atoms with Crippen LogP contribution in [0.1, 0.15) is 43.7 Å². The molecule has 0 spiro atoms. The summed E-state index contributed by atoms with van der Waals surface area (Å²) in [5.41, 5.74) is 1.92. The number of amides is 4. The number of aryl methyl sites for hydroxylation is 1. The average Bonchev–Trinajstić information content (AvgIpc) is 3.26. The Labute approximate surface area is 271 Å². The van der Waals surface area contributed by atoms with Crippen molar-refractivity contribution in [1.29, 1.82) is 0 Å². The highest BCUT2D eigenvalue weighted by molar-refractivity contribution is 5.87. The number of carbonyl (C=O) groups is 4. The number of nitrogens with zero attached hydrogens (tertiary/aromatic N) is 3. The van der Waals surface area contributed by atoms with Crippen LogP contribution >= 0.6 is 0 Å². The van der Waals surface area contributed by atoms with Crippen LogP contribution in [-0.2, 0) is 32.1 Å². The zero-order valence-corrected chi connectivity index (χ0v) is 27.2. The van der Waals surface area contributed by atoms with E-state index < -0.39 is 11.9 Å². The third kappa shape index (κ3) is 10.4. The van der Waals surface area contributed by atoms with Gasteiger partial charge in [0.15, 0.2) is 18.1 Å². The Balaban J connectivity index is 1.41. The van der Waals surface area contributed by atoms with Gasteiger partial charge in [-0.1, -0.05) is 24.3 Å². The number of carbonyl (C=O) groups excluding carboxylic acids is 4. The van der Waals surface area contributed by atoms with Crippen molar-refractivity contribution in [2.45, 2.75) is 51.6 Å². The maximum atomic E-state index is 13.6. The highest BCUT2D eigenvalue weighted by Gasteiger charge is 2.23. The summed E-state index contributed by atoms with van der Waals surface area (Å²) in [5, 5.41) is 5.68. The van der Waals surface area contributed by atoms with Crippen molar-refractivity contribution in [3.63, 3.8) is 0 Å².